The van der Waals surface area contributed by atoms with E-state index in [2.05, 4.69) is 20.5 Å². The van der Waals surface area contributed by atoms with Crippen LogP contribution in [0.1, 0.15) is 28.1 Å². The van der Waals surface area contributed by atoms with Gasteiger partial charge in [-0.3, -0.25) is 9.89 Å². The number of benzene rings is 2. The summed E-state index contributed by atoms with van der Waals surface area (Å²) >= 11 is 1.28. The highest BCUT2D eigenvalue weighted by Gasteiger charge is 2.23. The summed E-state index contributed by atoms with van der Waals surface area (Å²) < 4.78 is 4.96. The molecule has 1 aromatic heterocycles. The summed E-state index contributed by atoms with van der Waals surface area (Å²) in [6, 6.07) is 16.0. The Morgan fingerprint density at radius 2 is 1.89 bits per heavy atom. The van der Waals surface area contributed by atoms with Gasteiger partial charge in [0.05, 0.1) is 12.2 Å². The summed E-state index contributed by atoms with van der Waals surface area (Å²) in [5.41, 5.74) is 1.87. The van der Waals surface area contributed by atoms with Crippen LogP contribution in [0.3, 0.4) is 0 Å². The molecule has 0 aliphatic rings. The van der Waals surface area contributed by atoms with Gasteiger partial charge >= 0.3 is 5.97 Å². The summed E-state index contributed by atoms with van der Waals surface area (Å²) in [6.07, 6.45) is 1.40. The predicted molar refractivity (Wildman–Crippen MR) is 102 cm³/mol. The van der Waals surface area contributed by atoms with Gasteiger partial charge in [-0.05, 0) is 36.8 Å². The first-order valence-electron chi connectivity index (χ1n) is 8.32. The molecule has 0 bridgehead atoms. The van der Waals surface area contributed by atoms with Crippen molar-refractivity contribution in [1.82, 2.24) is 15.2 Å². The number of nitrogens with one attached hydrogen (secondary N) is 2. The van der Waals surface area contributed by atoms with E-state index >= 15 is 0 Å². The van der Waals surface area contributed by atoms with Gasteiger partial charge in [0, 0.05) is 5.69 Å². The summed E-state index contributed by atoms with van der Waals surface area (Å²) in [6.45, 7) is 2.07. The number of hydrogen-bond acceptors (Lipinski definition) is 6. The summed E-state index contributed by atoms with van der Waals surface area (Å²) in [7, 11) is 0. The Labute approximate surface area is 160 Å². The van der Waals surface area contributed by atoms with Crippen LogP contribution in [0.15, 0.2) is 66.1 Å². The maximum Gasteiger partial charge on any atom is 0.338 e. The molecule has 1 heterocycles. The number of esters is 1. The highest BCUT2D eigenvalue weighted by molar-refractivity contribution is 8.00. The summed E-state index contributed by atoms with van der Waals surface area (Å²) in [5, 5.41) is 9.50. The topological polar surface area (TPSA) is 97.0 Å². The average Bonchev–Trinajstić information content (AvgIpc) is 3.21. The minimum Gasteiger partial charge on any atom is -0.462 e. The molecule has 0 aliphatic heterocycles. The number of nitrogens with zero attached hydrogens (tertiary/aromatic N) is 2. The van der Waals surface area contributed by atoms with Crippen molar-refractivity contribution in [1.29, 1.82) is 0 Å². The van der Waals surface area contributed by atoms with Crippen LogP contribution in [-0.4, -0.2) is 33.7 Å². The van der Waals surface area contributed by atoms with E-state index in [-0.39, 0.29) is 5.91 Å². The van der Waals surface area contributed by atoms with Crippen molar-refractivity contribution >= 4 is 29.3 Å². The zero-order valence-corrected chi connectivity index (χ0v) is 15.4. The number of carbonyl (C=O) groups excluding carboxylic acids is 2. The van der Waals surface area contributed by atoms with Gasteiger partial charge in [0.1, 0.15) is 11.6 Å². The lowest BCUT2D eigenvalue weighted by molar-refractivity contribution is -0.115. The number of aromatic nitrogens is 3. The fourth-order valence-corrected chi connectivity index (χ4v) is 3.27. The van der Waals surface area contributed by atoms with Gasteiger partial charge in [-0.15, -0.1) is 0 Å². The normalized spacial score (nSPS) is 11.6. The maximum atomic E-state index is 12.9. The largest absolute Gasteiger partial charge is 0.462 e. The molecular weight excluding hydrogens is 364 g/mol. The molecule has 3 aromatic rings. The lowest BCUT2D eigenvalue weighted by Crippen LogP contribution is -2.19. The summed E-state index contributed by atoms with van der Waals surface area (Å²) in [4.78, 5) is 28.7. The minimum atomic E-state index is -0.510. The second kappa shape index (κ2) is 9.00. The van der Waals surface area contributed by atoms with Crippen molar-refractivity contribution < 1.29 is 14.3 Å². The van der Waals surface area contributed by atoms with Crippen molar-refractivity contribution in [3.8, 4) is 0 Å². The van der Waals surface area contributed by atoms with E-state index in [9.17, 15) is 9.59 Å². The van der Waals surface area contributed by atoms with Crippen LogP contribution in [0.2, 0.25) is 0 Å². The molecule has 27 heavy (non-hydrogen) atoms. The first-order chi connectivity index (χ1) is 13.2. The van der Waals surface area contributed by atoms with Gasteiger partial charge < -0.3 is 10.1 Å². The van der Waals surface area contributed by atoms with E-state index in [4.69, 9.17) is 4.74 Å². The van der Waals surface area contributed by atoms with Crippen LogP contribution in [0.5, 0.6) is 0 Å². The van der Waals surface area contributed by atoms with E-state index in [1.54, 1.807) is 31.2 Å². The molecule has 1 atom stereocenters. The van der Waals surface area contributed by atoms with Crippen LogP contribution in [-0.2, 0) is 9.53 Å². The van der Waals surface area contributed by atoms with Crippen LogP contribution < -0.4 is 5.32 Å². The maximum absolute atomic E-state index is 12.9. The van der Waals surface area contributed by atoms with E-state index < -0.39 is 11.2 Å². The molecule has 0 saturated heterocycles. The zero-order chi connectivity index (χ0) is 19.1. The lowest BCUT2D eigenvalue weighted by atomic mass is 10.1. The molecule has 0 radical (unpaired) electrons. The lowest BCUT2D eigenvalue weighted by Gasteiger charge is -2.16. The molecule has 138 valence electrons. The Balaban J connectivity index is 1.75. The number of anilines is 1. The molecular formula is C19H18N4O3S. The smallest absolute Gasteiger partial charge is 0.338 e. The SMILES string of the molecule is CCOC(=O)c1ccc(NC(=O)C(Sc2ncn[nH]2)c2ccccc2)cc1. The molecule has 1 unspecified atom stereocenters. The standard InChI is InChI=1S/C19H18N4O3S/c1-2-26-18(25)14-8-10-15(11-9-14)22-17(24)16(13-6-4-3-5-7-13)27-19-20-12-21-23-19/h3-12,16H,2H2,1H3,(H,22,24)(H,20,21,23). The van der Waals surface area contributed by atoms with E-state index in [0.29, 0.717) is 23.0 Å². The molecule has 0 aliphatic carbocycles. The summed E-state index contributed by atoms with van der Waals surface area (Å²) in [5.74, 6) is -0.593. The predicted octanol–water partition coefficient (Wildman–Crippen LogP) is 3.45. The molecule has 1 amide bonds. The second-order valence-electron chi connectivity index (χ2n) is 5.49. The van der Waals surface area contributed by atoms with Crippen LogP contribution >= 0.6 is 11.8 Å². The number of carbonyl (C=O) groups is 2. The Morgan fingerprint density at radius 1 is 1.15 bits per heavy atom. The fourth-order valence-electron chi connectivity index (χ4n) is 2.38. The number of aromatic amines is 1. The number of H-pyrrole nitrogens is 1. The molecule has 3 rings (SSSR count). The molecule has 7 nitrogen and oxygen atoms in total. The first-order valence-corrected chi connectivity index (χ1v) is 9.20. The van der Waals surface area contributed by atoms with Crippen molar-refractivity contribution in [2.75, 3.05) is 11.9 Å². The van der Waals surface area contributed by atoms with Crippen molar-refractivity contribution in [3.05, 3.63) is 72.1 Å². The van der Waals surface area contributed by atoms with Crippen LogP contribution in [0.25, 0.3) is 0 Å². The van der Waals surface area contributed by atoms with E-state index in [1.807, 2.05) is 30.3 Å². The number of amides is 1. The van der Waals surface area contributed by atoms with Gasteiger partial charge in [0.25, 0.3) is 0 Å². The van der Waals surface area contributed by atoms with Gasteiger partial charge in [-0.25, -0.2) is 9.78 Å². The van der Waals surface area contributed by atoms with Gasteiger partial charge in [0.2, 0.25) is 5.91 Å². The third-order valence-electron chi connectivity index (χ3n) is 3.63. The molecule has 0 fully saturated rings. The Kier molecular flexibility index (Phi) is 6.22. The molecule has 2 N–H and O–H groups in total. The van der Waals surface area contributed by atoms with Crippen molar-refractivity contribution in [2.24, 2.45) is 0 Å². The Morgan fingerprint density at radius 3 is 2.52 bits per heavy atom. The third kappa shape index (κ3) is 4.95. The van der Waals surface area contributed by atoms with Gasteiger partial charge in [-0.1, -0.05) is 42.1 Å². The Bertz CT molecular complexity index is 883. The second-order valence-corrected chi connectivity index (χ2v) is 6.58. The monoisotopic (exact) mass is 382 g/mol. The van der Waals surface area contributed by atoms with Crippen LogP contribution in [0.4, 0.5) is 5.69 Å². The number of ether oxygens (including phenoxy) is 1. The fraction of sp³-hybridized carbons (Fsp3) is 0.158. The quantitative estimate of drug-likeness (QED) is 0.480. The average molecular weight is 382 g/mol. The molecule has 8 heteroatoms. The molecule has 0 saturated carbocycles. The van der Waals surface area contributed by atoms with Crippen molar-refractivity contribution in [3.63, 3.8) is 0 Å². The van der Waals surface area contributed by atoms with Crippen molar-refractivity contribution in [2.45, 2.75) is 17.3 Å². The number of thioether (sulfide) groups is 1. The number of hydrogen-bond donors (Lipinski definition) is 2. The van der Waals surface area contributed by atoms with E-state index in [1.165, 1.54) is 18.1 Å². The Hall–Kier alpha value is -3.13. The molecule has 2 aromatic carbocycles. The highest BCUT2D eigenvalue weighted by Crippen LogP contribution is 2.34. The molecule has 0 spiro atoms. The third-order valence-corrected chi connectivity index (χ3v) is 4.77. The van der Waals surface area contributed by atoms with Gasteiger partial charge in [0.15, 0.2) is 5.16 Å². The minimum absolute atomic E-state index is 0.202. The highest BCUT2D eigenvalue weighted by atomic mass is 32.2. The zero-order valence-electron chi connectivity index (χ0n) is 14.6. The van der Waals surface area contributed by atoms with Gasteiger partial charge in [-0.2, -0.15) is 5.10 Å². The van der Waals surface area contributed by atoms with Crippen LogP contribution in [0, 0.1) is 0 Å². The van der Waals surface area contributed by atoms with E-state index in [0.717, 1.165) is 5.56 Å². The first kappa shape index (κ1) is 18.7. The number of rotatable bonds is 7.